The van der Waals surface area contributed by atoms with Gasteiger partial charge in [-0.1, -0.05) is 36.4 Å². The van der Waals surface area contributed by atoms with Gasteiger partial charge < -0.3 is 15.7 Å². The van der Waals surface area contributed by atoms with E-state index in [1.165, 1.54) is 12.1 Å². The second kappa shape index (κ2) is 8.29. The van der Waals surface area contributed by atoms with Crippen LogP contribution in [-0.4, -0.2) is 24.3 Å². The summed E-state index contributed by atoms with van der Waals surface area (Å²) in [5, 5.41) is 14.6. The number of aliphatic hydroxyl groups excluding tert-OH is 1. The Morgan fingerprint density at radius 3 is 2.65 bits per heavy atom. The van der Waals surface area contributed by atoms with Crippen molar-refractivity contribution >= 4 is 11.7 Å². The Labute approximate surface area is 135 Å². The number of hydrogen-bond donors (Lipinski definition) is 3. The van der Waals surface area contributed by atoms with Gasteiger partial charge in [0.1, 0.15) is 5.82 Å². The second-order valence-corrected chi connectivity index (χ2v) is 5.41. The van der Waals surface area contributed by atoms with E-state index in [2.05, 4.69) is 10.6 Å². The SMILES string of the molecule is Cc1ccc(F)cc1NC(=O)NCC(CCO)c1ccccc1. The van der Waals surface area contributed by atoms with Crippen LogP contribution in [-0.2, 0) is 0 Å². The van der Waals surface area contributed by atoms with E-state index < -0.39 is 11.8 Å². The van der Waals surface area contributed by atoms with E-state index in [1.54, 1.807) is 13.0 Å². The number of benzene rings is 2. The van der Waals surface area contributed by atoms with E-state index in [1.807, 2.05) is 30.3 Å². The van der Waals surface area contributed by atoms with Crippen LogP contribution < -0.4 is 10.6 Å². The van der Waals surface area contributed by atoms with Crippen molar-refractivity contribution in [3.8, 4) is 0 Å². The fourth-order valence-corrected chi connectivity index (χ4v) is 2.38. The first-order valence-electron chi connectivity index (χ1n) is 7.57. The zero-order valence-corrected chi connectivity index (χ0v) is 13.1. The van der Waals surface area contributed by atoms with E-state index in [9.17, 15) is 14.3 Å². The molecular weight excluding hydrogens is 295 g/mol. The van der Waals surface area contributed by atoms with E-state index in [4.69, 9.17) is 0 Å². The topological polar surface area (TPSA) is 61.4 Å². The Morgan fingerprint density at radius 1 is 1.22 bits per heavy atom. The zero-order valence-electron chi connectivity index (χ0n) is 13.1. The molecule has 0 bridgehead atoms. The fraction of sp³-hybridized carbons (Fsp3) is 0.278. The first kappa shape index (κ1) is 17.0. The number of nitrogens with one attached hydrogen (secondary N) is 2. The van der Waals surface area contributed by atoms with Crippen LogP contribution >= 0.6 is 0 Å². The van der Waals surface area contributed by atoms with Crippen molar-refractivity contribution in [2.45, 2.75) is 19.3 Å². The average Bonchev–Trinajstić information content (AvgIpc) is 2.55. The molecule has 0 aliphatic rings. The number of amides is 2. The largest absolute Gasteiger partial charge is 0.396 e. The van der Waals surface area contributed by atoms with Gasteiger partial charge in [-0.2, -0.15) is 0 Å². The Balaban J connectivity index is 1.95. The average molecular weight is 316 g/mol. The second-order valence-electron chi connectivity index (χ2n) is 5.41. The minimum Gasteiger partial charge on any atom is -0.396 e. The van der Waals surface area contributed by atoms with Gasteiger partial charge in [-0.15, -0.1) is 0 Å². The molecular formula is C18H21FN2O2. The maximum atomic E-state index is 13.2. The molecule has 122 valence electrons. The molecule has 2 aromatic carbocycles. The lowest BCUT2D eigenvalue weighted by molar-refractivity contribution is 0.248. The number of hydrogen-bond acceptors (Lipinski definition) is 2. The molecule has 0 radical (unpaired) electrons. The molecule has 2 amide bonds. The highest BCUT2D eigenvalue weighted by Gasteiger charge is 2.13. The number of aryl methyl sites for hydroxylation is 1. The molecule has 0 spiro atoms. The molecule has 23 heavy (non-hydrogen) atoms. The van der Waals surface area contributed by atoms with Crippen LogP contribution in [0.5, 0.6) is 0 Å². The van der Waals surface area contributed by atoms with Crippen molar-refractivity contribution in [2.24, 2.45) is 0 Å². The van der Waals surface area contributed by atoms with Crippen LogP contribution in [0, 0.1) is 12.7 Å². The minimum absolute atomic E-state index is 0.0283. The van der Waals surface area contributed by atoms with Crippen molar-refractivity contribution in [1.29, 1.82) is 0 Å². The predicted octanol–water partition coefficient (Wildman–Crippen LogP) is 3.42. The van der Waals surface area contributed by atoms with Gasteiger partial charge in [0.05, 0.1) is 0 Å². The van der Waals surface area contributed by atoms with Gasteiger partial charge in [0.2, 0.25) is 0 Å². The van der Waals surface area contributed by atoms with Crippen molar-refractivity contribution < 1.29 is 14.3 Å². The van der Waals surface area contributed by atoms with Gasteiger partial charge in [-0.25, -0.2) is 9.18 Å². The number of carbonyl (C=O) groups excluding carboxylic acids is 1. The normalized spacial score (nSPS) is 11.8. The van der Waals surface area contributed by atoms with Gasteiger partial charge in [0, 0.05) is 24.8 Å². The number of urea groups is 1. The quantitative estimate of drug-likeness (QED) is 0.764. The molecule has 4 nitrogen and oxygen atoms in total. The number of aliphatic hydroxyl groups is 1. The number of carbonyl (C=O) groups is 1. The van der Waals surface area contributed by atoms with Gasteiger partial charge in [0.15, 0.2) is 0 Å². The lowest BCUT2D eigenvalue weighted by Crippen LogP contribution is -2.33. The summed E-state index contributed by atoms with van der Waals surface area (Å²) < 4.78 is 13.2. The standard InChI is InChI=1S/C18H21FN2O2/c1-13-7-8-16(19)11-17(13)21-18(23)20-12-15(9-10-22)14-5-3-2-4-6-14/h2-8,11,15,22H,9-10,12H2,1H3,(H2,20,21,23). The summed E-state index contributed by atoms with van der Waals surface area (Å²) in [6.07, 6.45) is 0.559. The van der Waals surface area contributed by atoms with E-state index >= 15 is 0 Å². The molecule has 0 fully saturated rings. The first-order chi connectivity index (χ1) is 11.1. The highest BCUT2D eigenvalue weighted by atomic mass is 19.1. The lowest BCUT2D eigenvalue weighted by Gasteiger charge is -2.17. The van der Waals surface area contributed by atoms with Crippen LogP contribution in [0.2, 0.25) is 0 Å². The van der Waals surface area contributed by atoms with E-state index in [0.717, 1.165) is 11.1 Å². The van der Waals surface area contributed by atoms with Crippen LogP contribution in [0.25, 0.3) is 0 Å². The summed E-state index contributed by atoms with van der Waals surface area (Å²) in [6.45, 7) is 2.24. The van der Waals surface area contributed by atoms with E-state index in [0.29, 0.717) is 18.7 Å². The summed E-state index contributed by atoms with van der Waals surface area (Å²) in [5.74, 6) is -0.367. The van der Waals surface area contributed by atoms with Crippen LogP contribution in [0.1, 0.15) is 23.5 Å². The fourth-order valence-electron chi connectivity index (χ4n) is 2.38. The van der Waals surface area contributed by atoms with Crippen LogP contribution in [0.4, 0.5) is 14.9 Å². The Kier molecular flexibility index (Phi) is 6.11. The van der Waals surface area contributed by atoms with Gasteiger partial charge in [0.25, 0.3) is 0 Å². The third-order valence-corrected chi connectivity index (χ3v) is 3.71. The van der Waals surface area contributed by atoms with Gasteiger partial charge in [-0.05, 0) is 36.6 Å². The molecule has 0 aliphatic heterocycles. The molecule has 0 saturated heterocycles. The minimum atomic E-state index is -0.395. The molecule has 0 saturated carbocycles. The summed E-state index contributed by atoms with van der Waals surface area (Å²) in [4.78, 5) is 12.0. The maximum Gasteiger partial charge on any atom is 0.319 e. The zero-order chi connectivity index (χ0) is 16.7. The smallest absolute Gasteiger partial charge is 0.319 e. The molecule has 0 heterocycles. The third kappa shape index (κ3) is 5.07. The molecule has 0 aromatic heterocycles. The molecule has 1 unspecified atom stereocenters. The maximum absolute atomic E-state index is 13.2. The highest BCUT2D eigenvalue weighted by molar-refractivity contribution is 5.90. The molecule has 1 atom stereocenters. The van der Waals surface area contributed by atoms with Crippen LogP contribution in [0.15, 0.2) is 48.5 Å². The Morgan fingerprint density at radius 2 is 1.96 bits per heavy atom. The lowest BCUT2D eigenvalue weighted by atomic mass is 9.96. The Bertz CT molecular complexity index is 647. The summed E-state index contributed by atoms with van der Waals surface area (Å²) in [6, 6.07) is 13.6. The van der Waals surface area contributed by atoms with Crippen molar-refractivity contribution in [1.82, 2.24) is 5.32 Å². The molecule has 2 aromatic rings. The van der Waals surface area contributed by atoms with Gasteiger partial charge in [-0.3, -0.25) is 0 Å². The summed E-state index contributed by atoms with van der Waals surface area (Å²) >= 11 is 0. The molecule has 0 aliphatic carbocycles. The number of halogens is 1. The number of rotatable bonds is 6. The highest BCUT2D eigenvalue weighted by Crippen LogP contribution is 2.19. The third-order valence-electron chi connectivity index (χ3n) is 3.71. The first-order valence-corrected chi connectivity index (χ1v) is 7.57. The van der Waals surface area contributed by atoms with Crippen molar-refractivity contribution in [3.05, 3.63) is 65.5 Å². The summed E-state index contributed by atoms with van der Waals surface area (Å²) in [5.41, 5.74) is 2.29. The van der Waals surface area contributed by atoms with Crippen molar-refractivity contribution in [2.75, 3.05) is 18.5 Å². The molecule has 2 rings (SSSR count). The van der Waals surface area contributed by atoms with Crippen LogP contribution in [0.3, 0.4) is 0 Å². The van der Waals surface area contributed by atoms with E-state index in [-0.39, 0.29) is 12.5 Å². The van der Waals surface area contributed by atoms with Gasteiger partial charge >= 0.3 is 6.03 Å². The van der Waals surface area contributed by atoms with Crippen molar-refractivity contribution in [3.63, 3.8) is 0 Å². The number of anilines is 1. The monoisotopic (exact) mass is 316 g/mol. The summed E-state index contributed by atoms with van der Waals surface area (Å²) in [7, 11) is 0. The predicted molar refractivity (Wildman–Crippen MR) is 89.0 cm³/mol. The molecule has 3 N–H and O–H groups in total. The Hall–Kier alpha value is -2.40. The molecule has 5 heteroatoms.